The Morgan fingerprint density at radius 3 is 2.55 bits per heavy atom. The van der Waals surface area contributed by atoms with Gasteiger partial charge in [-0.05, 0) is 31.0 Å². The molecule has 1 aliphatic heterocycles. The molecule has 154 valence electrons. The first-order valence-corrected chi connectivity index (χ1v) is 9.99. The van der Waals surface area contributed by atoms with Crippen molar-refractivity contribution in [3.63, 3.8) is 0 Å². The van der Waals surface area contributed by atoms with Gasteiger partial charge < -0.3 is 15.0 Å². The molecule has 1 heterocycles. The van der Waals surface area contributed by atoms with Crippen LogP contribution in [-0.2, 0) is 11.2 Å². The summed E-state index contributed by atoms with van der Waals surface area (Å²) in [5.41, 5.74) is 0.887. The molecule has 0 aliphatic carbocycles. The van der Waals surface area contributed by atoms with E-state index >= 15 is 0 Å². The summed E-state index contributed by atoms with van der Waals surface area (Å²) < 4.78 is 18.9. The number of halogens is 3. The minimum atomic E-state index is -0.696. The van der Waals surface area contributed by atoms with Gasteiger partial charge in [0.2, 0.25) is 5.91 Å². The number of hydrogen-bond acceptors (Lipinski definition) is 3. The molecule has 29 heavy (non-hydrogen) atoms. The zero-order valence-corrected chi connectivity index (χ0v) is 17.4. The molecule has 5 nitrogen and oxygen atoms in total. The van der Waals surface area contributed by atoms with Crippen molar-refractivity contribution >= 4 is 35.0 Å². The van der Waals surface area contributed by atoms with Crippen LogP contribution >= 0.6 is 23.2 Å². The number of rotatable bonds is 5. The van der Waals surface area contributed by atoms with Crippen LogP contribution in [0.15, 0.2) is 36.4 Å². The molecule has 3 rings (SSSR count). The maximum Gasteiger partial charge on any atom is 0.253 e. The molecule has 2 aromatic carbocycles. The number of piperidine rings is 1. The van der Waals surface area contributed by atoms with Gasteiger partial charge in [-0.25, -0.2) is 4.39 Å². The first-order valence-electron chi connectivity index (χ1n) is 9.24. The van der Waals surface area contributed by atoms with E-state index in [1.807, 2.05) is 24.3 Å². The number of hydrogen-bond donors (Lipinski definition) is 1. The second-order valence-corrected chi connectivity index (χ2v) is 7.68. The van der Waals surface area contributed by atoms with E-state index in [9.17, 15) is 14.0 Å². The highest BCUT2D eigenvalue weighted by Gasteiger charge is 2.25. The normalized spacial score (nSPS) is 14.6. The predicted octanol–water partition coefficient (Wildman–Crippen LogP) is 4.10. The highest BCUT2D eigenvalue weighted by atomic mass is 35.5. The number of carbonyl (C=O) groups excluding carboxylic acids is 2. The third kappa shape index (κ3) is 5.19. The molecule has 0 unspecified atom stereocenters. The number of ether oxygens (including phenoxy) is 1. The molecule has 1 aliphatic rings. The summed E-state index contributed by atoms with van der Waals surface area (Å²) in [6.45, 7) is 1.06. The third-order valence-electron chi connectivity index (χ3n) is 4.97. The van der Waals surface area contributed by atoms with Crippen LogP contribution in [0.4, 0.5) is 4.39 Å². The zero-order chi connectivity index (χ0) is 21.0. The lowest BCUT2D eigenvalue weighted by Gasteiger charge is -2.32. The fourth-order valence-corrected chi connectivity index (χ4v) is 3.83. The molecular formula is C21H21Cl2FN2O3. The Morgan fingerprint density at radius 2 is 1.86 bits per heavy atom. The van der Waals surface area contributed by atoms with Gasteiger partial charge >= 0.3 is 0 Å². The number of benzene rings is 2. The van der Waals surface area contributed by atoms with Crippen molar-refractivity contribution in [2.75, 3.05) is 20.2 Å². The van der Waals surface area contributed by atoms with Gasteiger partial charge in [0.15, 0.2) is 0 Å². The summed E-state index contributed by atoms with van der Waals surface area (Å²) in [4.78, 5) is 26.8. The molecular weight excluding hydrogens is 418 g/mol. The highest BCUT2D eigenvalue weighted by Crippen LogP contribution is 2.25. The number of amides is 2. The van der Waals surface area contributed by atoms with Crippen LogP contribution in [0.3, 0.4) is 0 Å². The smallest absolute Gasteiger partial charge is 0.253 e. The topological polar surface area (TPSA) is 58.6 Å². The molecule has 0 atom stereocenters. The molecule has 8 heteroatoms. The lowest BCUT2D eigenvalue weighted by molar-refractivity contribution is -0.131. The number of methoxy groups -OCH3 is 1. The molecule has 0 spiro atoms. The molecule has 0 bridgehead atoms. The van der Waals surface area contributed by atoms with Crippen molar-refractivity contribution in [3.8, 4) is 5.75 Å². The molecule has 0 saturated carbocycles. The lowest BCUT2D eigenvalue weighted by Crippen LogP contribution is -2.47. The fourth-order valence-electron chi connectivity index (χ4n) is 3.36. The third-order valence-corrected chi connectivity index (χ3v) is 5.57. The van der Waals surface area contributed by atoms with Crippen molar-refractivity contribution in [1.29, 1.82) is 0 Å². The van der Waals surface area contributed by atoms with Crippen LogP contribution < -0.4 is 10.1 Å². The molecule has 0 radical (unpaired) electrons. The number of carbonyl (C=O) groups is 2. The average molecular weight is 439 g/mol. The largest absolute Gasteiger partial charge is 0.496 e. The number of nitrogens with one attached hydrogen (secondary N) is 1. The Balaban J connectivity index is 1.54. The van der Waals surface area contributed by atoms with Crippen LogP contribution in [0, 0.1) is 5.82 Å². The van der Waals surface area contributed by atoms with Crippen molar-refractivity contribution in [1.82, 2.24) is 10.2 Å². The van der Waals surface area contributed by atoms with Crippen molar-refractivity contribution < 1.29 is 18.7 Å². The summed E-state index contributed by atoms with van der Waals surface area (Å²) >= 11 is 11.7. The number of para-hydroxylation sites is 1. The van der Waals surface area contributed by atoms with Gasteiger partial charge in [0.1, 0.15) is 11.6 Å². The molecule has 1 N–H and O–H groups in total. The Morgan fingerprint density at radius 1 is 1.17 bits per heavy atom. The molecule has 2 amide bonds. The fraction of sp³-hybridized carbons (Fsp3) is 0.333. The summed E-state index contributed by atoms with van der Waals surface area (Å²) in [5, 5.41) is 2.82. The Bertz CT molecular complexity index is 915. The van der Waals surface area contributed by atoms with E-state index in [1.54, 1.807) is 12.0 Å². The zero-order valence-electron chi connectivity index (χ0n) is 15.9. The Kier molecular flexibility index (Phi) is 6.98. The van der Waals surface area contributed by atoms with Gasteiger partial charge in [-0.15, -0.1) is 0 Å². The second kappa shape index (κ2) is 9.46. The summed E-state index contributed by atoms with van der Waals surface area (Å²) in [6, 6.07) is 9.57. The minimum Gasteiger partial charge on any atom is -0.496 e. The van der Waals surface area contributed by atoms with E-state index in [4.69, 9.17) is 27.9 Å². The van der Waals surface area contributed by atoms with Crippen LogP contribution in [0.25, 0.3) is 0 Å². The second-order valence-electron chi connectivity index (χ2n) is 6.86. The van der Waals surface area contributed by atoms with Crippen LogP contribution in [0.1, 0.15) is 28.8 Å². The van der Waals surface area contributed by atoms with E-state index < -0.39 is 11.7 Å². The predicted molar refractivity (Wildman–Crippen MR) is 110 cm³/mol. The first kappa shape index (κ1) is 21.4. The standard InChI is InChI=1S/C21H21Cl2FN2O3/c1-29-19-5-3-2-4-13(19)10-20(27)26-8-6-14(7-9-26)25-21(28)15-11-18(24)17(23)12-16(15)22/h2-5,11-12,14H,6-10H2,1H3,(H,25,28). The summed E-state index contributed by atoms with van der Waals surface area (Å²) in [7, 11) is 1.58. The molecule has 2 aromatic rings. The van der Waals surface area contributed by atoms with E-state index in [-0.39, 0.29) is 34.0 Å². The molecule has 1 fully saturated rings. The summed E-state index contributed by atoms with van der Waals surface area (Å²) in [6.07, 6.45) is 1.48. The minimum absolute atomic E-state index is 0.0158. The van der Waals surface area contributed by atoms with E-state index in [0.29, 0.717) is 31.7 Å². The van der Waals surface area contributed by atoms with Crippen molar-refractivity contribution in [3.05, 3.63) is 63.4 Å². The molecule has 0 aromatic heterocycles. The Hall–Kier alpha value is -2.31. The van der Waals surface area contributed by atoms with Gasteiger partial charge in [-0.2, -0.15) is 0 Å². The van der Waals surface area contributed by atoms with Crippen LogP contribution in [0.5, 0.6) is 5.75 Å². The first-order chi connectivity index (χ1) is 13.9. The van der Waals surface area contributed by atoms with Gasteiger partial charge in [0, 0.05) is 24.7 Å². The SMILES string of the molecule is COc1ccccc1CC(=O)N1CCC(NC(=O)c2cc(F)c(Cl)cc2Cl)CC1. The number of nitrogens with zero attached hydrogens (tertiary/aromatic N) is 1. The van der Waals surface area contributed by atoms with Gasteiger partial charge in [-0.3, -0.25) is 9.59 Å². The highest BCUT2D eigenvalue weighted by molar-refractivity contribution is 6.36. The van der Waals surface area contributed by atoms with Crippen molar-refractivity contribution in [2.45, 2.75) is 25.3 Å². The van der Waals surface area contributed by atoms with Crippen LogP contribution in [-0.4, -0.2) is 43.0 Å². The van der Waals surface area contributed by atoms with E-state index in [2.05, 4.69) is 5.32 Å². The summed E-state index contributed by atoms with van der Waals surface area (Å²) in [5.74, 6) is -0.445. The quantitative estimate of drug-likeness (QED) is 0.714. The van der Waals surface area contributed by atoms with Gasteiger partial charge in [-0.1, -0.05) is 41.4 Å². The van der Waals surface area contributed by atoms with E-state index in [1.165, 1.54) is 6.07 Å². The maximum absolute atomic E-state index is 13.6. The lowest BCUT2D eigenvalue weighted by atomic mass is 10.0. The van der Waals surface area contributed by atoms with Gasteiger partial charge in [0.05, 0.1) is 29.1 Å². The Labute approximate surface area is 178 Å². The van der Waals surface area contributed by atoms with Crippen molar-refractivity contribution in [2.24, 2.45) is 0 Å². The maximum atomic E-state index is 13.6. The van der Waals surface area contributed by atoms with Crippen LogP contribution in [0.2, 0.25) is 10.0 Å². The molecule has 1 saturated heterocycles. The average Bonchev–Trinajstić information content (AvgIpc) is 2.71. The monoisotopic (exact) mass is 438 g/mol. The number of likely N-dealkylation sites (tertiary alicyclic amines) is 1. The van der Waals surface area contributed by atoms with E-state index in [0.717, 1.165) is 11.6 Å². The van der Waals surface area contributed by atoms with Gasteiger partial charge in [0.25, 0.3) is 5.91 Å².